The molecule has 0 bridgehead atoms. The van der Waals surface area contributed by atoms with E-state index < -0.39 is 29.5 Å². The summed E-state index contributed by atoms with van der Waals surface area (Å²) in [4.78, 5) is 47.2. The van der Waals surface area contributed by atoms with E-state index in [9.17, 15) is 19.2 Å². The van der Waals surface area contributed by atoms with Gasteiger partial charge in [0.05, 0.1) is 11.1 Å². The number of ketones is 1. The standard InChI is InChI=1S/C14H13NO5/c1-8(16)9(14(19)20)6-7-15-12(17)10-4-2-3-5-11(10)13(15)18/h2-5,9H,6-7H2,1H3,(H,19,20). The molecule has 2 amide bonds. The lowest BCUT2D eigenvalue weighted by Crippen LogP contribution is -2.34. The first-order chi connectivity index (χ1) is 9.43. The normalized spacial score (nSPS) is 15.2. The largest absolute Gasteiger partial charge is 0.481 e. The highest BCUT2D eigenvalue weighted by Crippen LogP contribution is 2.23. The molecule has 1 aliphatic heterocycles. The van der Waals surface area contributed by atoms with Gasteiger partial charge < -0.3 is 5.11 Å². The Kier molecular flexibility index (Phi) is 3.65. The van der Waals surface area contributed by atoms with Gasteiger partial charge >= 0.3 is 5.97 Å². The SMILES string of the molecule is CC(=O)C(CCN1C(=O)c2ccccc2C1=O)C(=O)O. The lowest BCUT2D eigenvalue weighted by molar-refractivity contribution is -0.146. The first kappa shape index (κ1) is 13.9. The van der Waals surface area contributed by atoms with Gasteiger partial charge in [0.2, 0.25) is 0 Å². The zero-order valence-electron chi connectivity index (χ0n) is 10.8. The summed E-state index contributed by atoms with van der Waals surface area (Å²) in [6.07, 6.45) is -0.0733. The smallest absolute Gasteiger partial charge is 0.314 e. The minimum Gasteiger partial charge on any atom is -0.481 e. The van der Waals surface area contributed by atoms with Crippen LogP contribution >= 0.6 is 0 Å². The van der Waals surface area contributed by atoms with Gasteiger partial charge in [0, 0.05) is 6.54 Å². The highest BCUT2D eigenvalue weighted by Gasteiger charge is 2.36. The second-order valence-electron chi connectivity index (χ2n) is 4.60. The number of fused-ring (bicyclic) bond motifs is 1. The molecule has 0 fully saturated rings. The second kappa shape index (κ2) is 5.24. The van der Waals surface area contributed by atoms with Crippen molar-refractivity contribution < 1.29 is 24.3 Å². The predicted octanol–water partition coefficient (Wildman–Crippen LogP) is 0.963. The molecule has 1 aromatic rings. The zero-order valence-corrected chi connectivity index (χ0v) is 10.8. The molecule has 1 unspecified atom stereocenters. The van der Waals surface area contributed by atoms with Crippen molar-refractivity contribution in [2.75, 3.05) is 6.54 Å². The third-order valence-corrected chi connectivity index (χ3v) is 3.31. The summed E-state index contributed by atoms with van der Waals surface area (Å²) in [6.45, 7) is 1.10. The Morgan fingerprint density at radius 1 is 1.15 bits per heavy atom. The lowest BCUT2D eigenvalue weighted by atomic mass is 10.0. The van der Waals surface area contributed by atoms with E-state index in [2.05, 4.69) is 0 Å². The summed E-state index contributed by atoms with van der Waals surface area (Å²) in [5.74, 6) is -3.82. The molecule has 6 nitrogen and oxygen atoms in total. The molecule has 20 heavy (non-hydrogen) atoms. The van der Waals surface area contributed by atoms with Crippen LogP contribution in [-0.2, 0) is 9.59 Å². The average Bonchev–Trinajstić information content (AvgIpc) is 2.63. The van der Waals surface area contributed by atoms with Crippen molar-refractivity contribution in [3.63, 3.8) is 0 Å². The molecule has 6 heteroatoms. The van der Waals surface area contributed by atoms with Crippen molar-refractivity contribution in [2.45, 2.75) is 13.3 Å². The molecule has 1 atom stereocenters. The van der Waals surface area contributed by atoms with Crippen LogP contribution in [0.15, 0.2) is 24.3 Å². The highest BCUT2D eigenvalue weighted by molar-refractivity contribution is 6.21. The van der Waals surface area contributed by atoms with Crippen LogP contribution in [0.1, 0.15) is 34.1 Å². The van der Waals surface area contributed by atoms with Crippen molar-refractivity contribution >= 4 is 23.6 Å². The monoisotopic (exact) mass is 275 g/mol. The van der Waals surface area contributed by atoms with Crippen LogP contribution in [-0.4, -0.2) is 40.1 Å². The van der Waals surface area contributed by atoms with Gasteiger partial charge in [0.1, 0.15) is 11.7 Å². The summed E-state index contributed by atoms with van der Waals surface area (Å²) in [6, 6.07) is 6.41. The predicted molar refractivity (Wildman–Crippen MR) is 68.2 cm³/mol. The van der Waals surface area contributed by atoms with Crippen molar-refractivity contribution in [3.8, 4) is 0 Å². The van der Waals surface area contributed by atoms with E-state index in [1.165, 1.54) is 6.92 Å². The molecular formula is C14H13NO5. The van der Waals surface area contributed by atoms with E-state index in [4.69, 9.17) is 5.11 Å². The van der Waals surface area contributed by atoms with E-state index in [1.807, 2.05) is 0 Å². The second-order valence-corrected chi connectivity index (χ2v) is 4.60. The zero-order chi connectivity index (χ0) is 14.9. The van der Waals surface area contributed by atoms with Crippen LogP contribution in [0, 0.1) is 5.92 Å². The minimum absolute atomic E-state index is 0.0733. The lowest BCUT2D eigenvalue weighted by Gasteiger charge is -2.16. The Morgan fingerprint density at radius 3 is 2.05 bits per heavy atom. The van der Waals surface area contributed by atoms with Crippen molar-refractivity contribution in [3.05, 3.63) is 35.4 Å². The van der Waals surface area contributed by atoms with Gasteiger partial charge in [-0.05, 0) is 25.5 Å². The molecule has 0 saturated carbocycles. The summed E-state index contributed by atoms with van der Waals surface area (Å²) in [7, 11) is 0. The van der Waals surface area contributed by atoms with E-state index in [0.717, 1.165) is 4.90 Å². The Morgan fingerprint density at radius 2 is 1.65 bits per heavy atom. The van der Waals surface area contributed by atoms with Gasteiger partial charge in [-0.2, -0.15) is 0 Å². The van der Waals surface area contributed by atoms with E-state index in [-0.39, 0.29) is 13.0 Å². The van der Waals surface area contributed by atoms with Crippen LogP contribution in [0.2, 0.25) is 0 Å². The Balaban J connectivity index is 2.13. The van der Waals surface area contributed by atoms with Crippen LogP contribution < -0.4 is 0 Å². The van der Waals surface area contributed by atoms with Crippen molar-refractivity contribution in [1.82, 2.24) is 4.90 Å². The Labute approximate surface area is 115 Å². The summed E-state index contributed by atoms with van der Waals surface area (Å²) < 4.78 is 0. The number of carboxylic acids is 1. The van der Waals surface area contributed by atoms with Gasteiger partial charge in [0.15, 0.2) is 0 Å². The van der Waals surface area contributed by atoms with Gasteiger partial charge in [-0.1, -0.05) is 12.1 Å². The highest BCUT2D eigenvalue weighted by atomic mass is 16.4. The number of carbonyl (C=O) groups is 4. The van der Waals surface area contributed by atoms with E-state index in [1.54, 1.807) is 24.3 Å². The van der Waals surface area contributed by atoms with E-state index in [0.29, 0.717) is 11.1 Å². The fourth-order valence-corrected chi connectivity index (χ4v) is 2.20. The summed E-state index contributed by atoms with van der Waals surface area (Å²) >= 11 is 0. The maximum absolute atomic E-state index is 12.0. The number of hydrogen-bond acceptors (Lipinski definition) is 4. The molecule has 0 spiro atoms. The third kappa shape index (κ3) is 2.32. The van der Waals surface area contributed by atoms with Gasteiger partial charge in [-0.3, -0.25) is 24.1 Å². The van der Waals surface area contributed by atoms with Crippen LogP contribution in [0.25, 0.3) is 0 Å². The van der Waals surface area contributed by atoms with Gasteiger partial charge in [-0.15, -0.1) is 0 Å². The first-order valence-electron chi connectivity index (χ1n) is 6.12. The number of rotatable bonds is 5. The quantitative estimate of drug-likeness (QED) is 0.638. The number of benzene rings is 1. The molecule has 1 aliphatic rings. The molecule has 0 aromatic heterocycles. The van der Waals surface area contributed by atoms with E-state index >= 15 is 0 Å². The molecule has 0 radical (unpaired) electrons. The van der Waals surface area contributed by atoms with Gasteiger partial charge in [0.25, 0.3) is 11.8 Å². The number of Topliss-reactive ketones (excluding diaryl/α,β-unsaturated/α-hetero) is 1. The average molecular weight is 275 g/mol. The molecule has 1 aromatic carbocycles. The maximum atomic E-state index is 12.0. The Hall–Kier alpha value is -2.50. The number of aliphatic carboxylic acids is 1. The number of carboxylic acid groups (broad SMARTS) is 1. The summed E-state index contributed by atoms with van der Waals surface area (Å²) in [5.41, 5.74) is 0.624. The topological polar surface area (TPSA) is 91.8 Å². The fraction of sp³-hybridized carbons (Fsp3) is 0.286. The van der Waals surface area contributed by atoms with Crippen LogP contribution in [0.3, 0.4) is 0 Å². The number of amides is 2. The van der Waals surface area contributed by atoms with Gasteiger partial charge in [-0.25, -0.2) is 0 Å². The minimum atomic E-state index is -1.24. The molecule has 1 N–H and O–H groups in total. The molecule has 2 rings (SSSR count). The number of imide groups is 1. The fourth-order valence-electron chi connectivity index (χ4n) is 2.20. The van der Waals surface area contributed by atoms with Crippen LogP contribution in [0.5, 0.6) is 0 Å². The molecule has 0 aliphatic carbocycles. The maximum Gasteiger partial charge on any atom is 0.314 e. The number of nitrogens with zero attached hydrogens (tertiary/aromatic N) is 1. The Bertz CT molecular complexity index is 558. The molecule has 0 saturated heterocycles. The third-order valence-electron chi connectivity index (χ3n) is 3.31. The number of hydrogen-bond donors (Lipinski definition) is 1. The summed E-state index contributed by atoms with van der Waals surface area (Å²) in [5, 5.41) is 8.91. The van der Waals surface area contributed by atoms with Crippen molar-refractivity contribution in [1.29, 1.82) is 0 Å². The molecule has 104 valence electrons. The molecule has 1 heterocycles. The van der Waals surface area contributed by atoms with Crippen LogP contribution in [0.4, 0.5) is 0 Å². The number of carbonyl (C=O) groups excluding carboxylic acids is 3. The molecular weight excluding hydrogens is 262 g/mol. The first-order valence-corrected chi connectivity index (χ1v) is 6.12. The van der Waals surface area contributed by atoms with Crippen molar-refractivity contribution in [2.24, 2.45) is 5.92 Å².